The molecule has 2 aromatic heterocycles. The number of hydrogen-bond donors (Lipinski definition) is 2. The van der Waals surface area contributed by atoms with Gasteiger partial charge in [0.1, 0.15) is 16.3 Å². The normalized spacial score (nSPS) is 10.9. The molecule has 0 unspecified atom stereocenters. The average molecular weight is 330 g/mol. The molecule has 0 aliphatic rings. The van der Waals surface area contributed by atoms with Crippen molar-refractivity contribution >= 4 is 33.3 Å². The van der Waals surface area contributed by atoms with E-state index in [4.69, 9.17) is 0 Å². The van der Waals surface area contributed by atoms with Crippen molar-refractivity contribution in [1.29, 1.82) is 0 Å². The molecule has 1 amide bonds. The number of carbonyl (C=O) groups excluding carboxylic acids is 1. The predicted molar refractivity (Wildman–Crippen MR) is 88.1 cm³/mol. The molecule has 0 spiro atoms. The molecule has 1 aromatic carbocycles. The fourth-order valence-electron chi connectivity index (χ4n) is 2.41. The van der Waals surface area contributed by atoms with Crippen molar-refractivity contribution in [3.8, 4) is 5.75 Å². The van der Waals surface area contributed by atoms with Gasteiger partial charge in [-0.15, -0.1) is 10.2 Å². The van der Waals surface area contributed by atoms with Gasteiger partial charge in [-0.25, -0.2) is 0 Å². The first kappa shape index (κ1) is 15.2. The Kier molecular flexibility index (Phi) is 3.83. The minimum absolute atomic E-state index is 0.280. The number of aromatic hydroxyl groups is 1. The maximum absolute atomic E-state index is 12.6. The summed E-state index contributed by atoms with van der Waals surface area (Å²) in [6.45, 7) is 3.95. The lowest BCUT2D eigenvalue weighted by Gasteiger charge is -2.12. The number of pyridine rings is 1. The number of rotatable bonds is 3. The van der Waals surface area contributed by atoms with E-state index in [0.29, 0.717) is 22.5 Å². The Morgan fingerprint density at radius 1 is 1.35 bits per heavy atom. The number of carbonyl (C=O) groups is 1. The lowest BCUT2D eigenvalue weighted by Crippen LogP contribution is -2.29. The maximum Gasteiger partial charge on any atom is 0.267 e. The van der Waals surface area contributed by atoms with Gasteiger partial charge in [-0.2, -0.15) is 0 Å². The van der Waals surface area contributed by atoms with Gasteiger partial charge >= 0.3 is 0 Å². The van der Waals surface area contributed by atoms with E-state index < -0.39 is 11.5 Å². The van der Waals surface area contributed by atoms with Crippen LogP contribution < -0.4 is 10.9 Å². The first-order valence-electron chi connectivity index (χ1n) is 6.99. The van der Waals surface area contributed by atoms with Gasteiger partial charge in [0.15, 0.2) is 0 Å². The molecule has 7 nitrogen and oxygen atoms in total. The second-order valence-electron chi connectivity index (χ2n) is 4.87. The lowest BCUT2D eigenvalue weighted by atomic mass is 10.1. The molecule has 0 aliphatic heterocycles. The maximum atomic E-state index is 12.6. The number of anilines is 1. The summed E-state index contributed by atoms with van der Waals surface area (Å²) in [6, 6.07) is 6.91. The molecule has 2 N–H and O–H groups in total. The molecular formula is C15H14N4O3S. The third kappa shape index (κ3) is 2.57. The van der Waals surface area contributed by atoms with Crippen molar-refractivity contribution in [3.05, 3.63) is 45.2 Å². The zero-order valence-corrected chi connectivity index (χ0v) is 13.3. The van der Waals surface area contributed by atoms with E-state index in [1.54, 1.807) is 38.1 Å². The van der Waals surface area contributed by atoms with E-state index in [1.165, 1.54) is 15.9 Å². The van der Waals surface area contributed by atoms with Crippen molar-refractivity contribution in [2.75, 3.05) is 5.32 Å². The van der Waals surface area contributed by atoms with Crippen LogP contribution in [0.25, 0.3) is 10.9 Å². The smallest absolute Gasteiger partial charge is 0.267 e. The lowest BCUT2D eigenvalue weighted by molar-refractivity contribution is 0.102. The highest BCUT2D eigenvalue weighted by Gasteiger charge is 2.22. The van der Waals surface area contributed by atoms with Crippen molar-refractivity contribution < 1.29 is 9.90 Å². The quantitative estimate of drug-likeness (QED) is 0.767. The molecule has 23 heavy (non-hydrogen) atoms. The Balaban J connectivity index is 2.17. The molecule has 118 valence electrons. The molecule has 0 radical (unpaired) electrons. The second-order valence-corrected chi connectivity index (χ2v) is 6.05. The summed E-state index contributed by atoms with van der Waals surface area (Å²) in [7, 11) is 0. The zero-order valence-electron chi connectivity index (χ0n) is 12.5. The van der Waals surface area contributed by atoms with Crippen molar-refractivity contribution in [2.24, 2.45) is 0 Å². The fraction of sp³-hybridized carbons (Fsp3) is 0.200. The van der Waals surface area contributed by atoms with Gasteiger partial charge in [0.2, 0.25) is 5.13 Å². The molecule has 0 saturated carbocycles. The molecule has 0 saturated heterocycles. The van der Waals surface area contributed by atoms with Gasteiger partial charge in [-0.1, -0.05) is 23.5 Å². The molecule has 0 fully saturated rings. The SMILES string of the molecule is CCn1c(=O)c(C(=O)Nc2nnc(C)s2)c(O)c2ccccc21. The number of aromatic nitrogens is 3. The molecule has 0 atom stereocenters. The Morgan fingerprint density at radius 2 is 2.09 bits per heavy atom. The molecule has 0 aliphatic carbocycles. The van der Waals surface area contributed by atoms with Gasteiger partial charge in [0.25, 0.3) is 11.5 Å². The van der Waals surface area contributed by atoms with Crippen molar-refractivity contribution in [2.45, 2.75) is 20.4 Å². The van der Waals surface area contributed by atoms with Crippen LogP contribution >= 0.6 is 11.3 Å². The minimum atomic E-state index is -0.698. The topological polar surface area (TPSA) is 97.1 Å². The number of aryl methyl sites for hydroxylation is 2. The van der Waals surface area contributed by atoms with E-state index in [2.05, 4.69) is 15.5 Å². The van der Waals surface area contributed by atoms with Crippen LogP contribution in [0.5, 0.6) is 5.75 Å². The van der Waals surface area contributed by atoms with Crippen LogP contribution in [0, 0.1) is 6.92 Å². The summed E-state index contributed by atoms with van der Waals surface area (Å²) >= 11 is 1.19. The summed E-state index contributed by atoms with van der Waals surface area (Å²) in [5, 5.41) is 21.9. The summed E-state index contributed by atoms with van der Waals surface area (Å²) in [5.41, 5.74) is -0.248. The second kappa shape index (κ2) is 5.81. The van der Waals surface area contributed by atoms with Crippen LogP contribution in [-0.2, 0) is 6.54 Å². The highest BCUT2D eigenvalue weighted by atomic mass is 32.1. The van der Waals surface area contributed by atoms with Crippen LogP contribution in [0.2, 0.25) is 0 Å². The first-order valence-corrected chi connectivity index (χ1v) is 7.80. The van der Waals surface area contributed by atoms with Crippen LogP contribution in [0.4, 0.5) is 5.13 Å². The van der Waals surface area contributed by atoms with Crippen LogP contribution in [0.1, 0.15) is 22.3 Å². The van der Waals surface area contributed by atoms with Gasteiger partial charge in [-0.05, 0) is 26.0 Å². The van der Waals surface area contributed by atoms with E-state index in [9.17, 15) is 14.7 Å². The van der Waals surface area contributed by atoms with E-state index in [0.717, 1.165) is 0 Å². The van der Waals surface area contributed by atoms with Crippen LogP contribution in [0.3, 0.4) is 0 Å². The summed E-state index contributed by atoms with van der Waals surface area (Å²) < 4.78 is 1.45. The number of hydrogen-bond acceptors (Lipinski definition) is 6. The molecule has 8 heteroatoms. The van der Waals surface area contributed by atoms with Crippen LogP contribution in [0.15, 0.2) is 29.1 Å². The Bertz CT molecular complexity index is 961. The summed E-state index contributed by atoms with van der Waals surface area (Å²) in [5.74, 6) is -1.02. The van der Waals surface area contributed by atoms with Gasteiger partial charge in [-0.3, -0.25) is 14.9 Å². The van der Waals surface area contributed by atoms with Crippen molar-refractivity contribution in [3.63, 3.8) is 0 Å². The number of nitrogens with zero attached hydrogens (tertiary/aromatic N) is 3. The highest BCUT2D eigenvalue weighted by molar-refractivity contribution is 7.15. The number of benzene rings is 1. The predicted octanol–water partition coefficient (Wildman–Crippen LogP) is 2.14. The molecular weight excluding hydrogens is 316 g/mol. The largest absolute Gasteiger partial charge is 0.506 e. The average Bonchev–Trinajstić information content (AvgIpc) is 2.93. The summed E-state index contributed by atoms with van der Waals surface area (Å²) in [4.78, 5) is 25.0. The monoisotopic (exact) mass is 330 g/mol. The van der Waals surface area contributed by atoms with E-state index in [1.807, 2.05) is 0 Å². The molecule has 0 bridgehead atoms. The van der Waals surface area contributed by atoms with E-state index >= 15 is 0 Å². The third-order valence-electron chi connectivity index (χ3n) is 3.44. The van der Waals surface area contributed by atoms with Gasteiger partial charge in [0.05, 0.1) is 5.52 Å². The Morgan fingerprint density at radius 3 is 2.74 bits per heavy atom. The van der Waals surface area contributed by atoms with Gasteiger partial charge in [0, 0.05) is 11.9 Å². The summed E-state index contributed by atoms with van der Waals surface area (Å²) in [6.07, 6.45) is 0. The molecule has 2 heterocycles. The fourth-order valence-corrected chi connectivity index (χ4v) is 3.00. The van der Waals surface area contributed by atoms with Gasteiger partial charge < -0.3 is 9.67 Å². The first-order chi connectivity index (χ1) is 11.0. The highest BCUT2D eigenvalue weighted by Crippen LogP contribution is 2.27. The number of para-hydroxylation sites is 1. The number of amides is 1. The number of fused-ring (bicyclic) bond motifs is 1. The number of nitrogens with one attached hydrogen (secondary N) is 1. The third-order valence-corrected chi connectivity index (χ3v) is 4.19. The standard InChI is InChI=1S/C15H14N4O3S/c1-3-19-10-7-5-4-6-9(10)12(20)11(14(19)22)13(21)16-15-18-17-8(2)23-15/h4-7,20H,3H2,1-2H3,(H,16,18,21). The van der Waals surface area contributed by atoms with E-state index in [-0.39, 0.29) is 16.4 Å². The zero-order chi connectivity index (χ0) is 16.6. The van der Waals surface area contributed by atoms with Crippen molar-refractivity contribution in [1.82, 2.24) is 14.8 Å². The molecule has 3 rings (SSSR count). The van der Waals surface area contributed by atoms with Crippen LogP contribution in [-0.4, -0.2) is 25.8 Å². The minimum Gasteiger partial charge on any atom is -0.506 e. The molecule has 3 aromatic rings. The Hall–Kier alpha value is -2.74. The Labute approximate surface area is 135 Å².